The number of carboxylic acids is 1. The van der Waals surface area contributed by atoms with Crippen LogP contribution in [0.25, 0.3) is 10.6 Å². The highest BCUT2D eigenvalue weighted by atomic mass is 32.1. The summed E-state index contributed by atoms with van der Waals surface area (Å²) >= 11 is 1.45. The number of hydrogen-bond donors (Lipinski definition) is 2. The third-order valence-electron chi connectivity index (χ3n) is 2.44. The van der Waals surface area contributed by atoms with Gasteiger partial charge in [0.15, 0.2) is 6.29 Å². The van der Waals surface area contributed by atoms with Gasteiger partial charge in [-0.2, -0.15) is 5.10 Å². The molecule has 3 N–H and O–H groups in total. The molecule has 18 heavy (non-hydrogen) atoms. The van der Waals surface area contributed by atoms with Crippen LogP contribution >= 0.6 is 11.3 Å². The van der Waals surface area contributed by atoms with E-state index < -0.39 is 5.97 Å². The minimum Gasteiger partial charge on any atom is -0.481 e. The zero-order valence-corrected chi connectivity index (χ0v) is 10.2. The van der Waals surface area contributed by atoms with Crippen LogP contribution in [0.4, 0.5) is 5.82 Å². The van der Waals surface area contributed by atoms with Gasteiger partial charge in [0.2, 0.25) is 0 Å². The van der Waals surface area contributed by atoms with Crippen molar-refractivity contribution in [3.8, 4) is 10.6 Å². The van der Waals surface area contributed by atoms with Gasteiger partial charge < -0.3 is 10.8 Å². The summed E-state index contributed by atoms with van der Waals surface area (Å²) in [7, 11) is 0. The van der Waals surface area contributed by atoms with E-state index in [0.29, 0.717) is 17.5 Å². The number of nitrogens with two attached hydrogens (primary N) is 1. The Bertz CT molecular complexity index is 575. The number of aryl methyl sites for hydroxylation is 1. The summed E-state index contributed by atoms with van der Waals surface area (Å²) in [6.07, 6.45) is 0.558. The summed E-state index contributed by atoms with van der Waals surface area (Å²) in [4.78, 5) is 22.4. The molecule has 0 fully saturated rings. The maximum Gasteiger partial charge on any atom is 0.305 e. The third-order valence-corrected chi connectivity index (χ3v) is 3.32. The molecule has 94 valence electrons. The highest BCUT2D eigenvalue weighted by Crippen LogP contribution is 2.29. The van der Waals surface area contributed by atoms with Gasteiger partial charge in [0.1, 0.15) is 11.5 Å². The van der Waals surface area contributed by atoms with Crippen molar-refractivity contribution in [3.63, 3.8) is 0 Å². The zero-order chi connectivity index (χ0) is 13.1. The number of rotatable bonds is 5. The number of nitrogen functional groups attached to an aromatic ring is 1. The molecule has 7 heteroatoms. The molecular weight excluding hydrogens is 254 g/mol. The molecule has 0 aromatic carbocycles. The molecule has 0 bridgehead atoms. The van der Waals surface area contributed by atoms with E-state index in [-0.39, 0.29) is 18.8 Å². The average molecular weight is 265 g/mol. The minimum atomic E-state index is -0.935. The molecule has 0 aliphatic carbocycles. The third kappa shape index (κ3) is 2.25. The van der Waals surface area contributed by atoms with E-state index in [9.17, 15) is 9.59 Å². The molecule has 2 rings (SSSR count). The van der Waals surface area contributed by atoms with E-state index in [0.717, 1.165) is 4.88 Å². The first-order chi connectivity index (χ1) is 8.63. The van der Waals surface area contributed by atoms with Crippen LogP contribution < -0.4 is 5.73 Å². The number of carboxylic acid groups (broad SMARTS) is 1. The van der Waals surface area contributed by atoms with E-state index in [2.05, 4.69) is 5.10 Å². The number of hydrogen-bond acceptors (Lipinski definition) is 5. The Morgan fingerprint density at radius 2 is 2.39 bits per heavy atom. The van der Waals surface area contributed by atoms with Crippen LogP contribution in [0, 0.1) is 0 Å². The second-order valence-corrected chi connectivity index (χ2v) is 4.56. The molecule has 0 aliphatic heterocycles. The molecular formula is C11H11N3O3S. The standard InChI is InChI=1S/C11H11N3O3S/c12-11-7(6-15)10(8-2-1-5-18-8)13-14(11)4-3-9(16)17/h1-2,5-6H,3-4,12H2,(H,16,17). The van der Waals surface area contributed by atoms with Crippen LogP contribution in [0.1, 0.15) is 16.8 Å². The summed E-state index contributed by atoms with van der Waals surface area (Å²) in [6.45, 7) is 0.146. The van der Waals surface area contributed by atoms with Crippen molar-refractivity contribution < 1.29 is 14.7 Å². The molecule has 0 spiro atoms. The van der Waals surface area contributed by atoms with Gasteiger partial charge in [-0.05, 0) is 11.4 Å². The quantitative estimate of drug-likeness (QED) is 0.798. The smallest absolute Gasteiger partial charge is 0.305 e. The van der Waals surface area contributed by atoms with Crippen molar-refractivity contribution in [3.05, 3.63) is 23.1 Å². The van der Waals surface area contributed by atoms with Gasteiger partial charge in [-0.1, -0.05) is 6.07 Å². The molecule has 2 heterocycles. The lowest BCUT2D eigenvalue weighted by Gasteiger charge is -2.00. The predicted octanol–water partition coefficient (Wildman–Crippen LogP) is 1.48. The first-order valence-corrected chi connectivity index (χ1v) is 6.08. The highest BCUT2D eigenvalue weighted by Gasteiger charge is 2.17. The number of aromatic nitrogens is 2. The molecule has 0 unspecified atom stereocenters. The van der Waals surface area contributed by atoms with Crippen LogP contribution in [0.5, 0.6) is 0 Å². The topological polar surface area (TPSA) is 98.2 Å². The molecule has 6 nitrogen and oxygen atoms in total. The van der Waals surface area contributed by atoms with Crippen molar-refractivity contribution >= 4 is 29.4 Å². The molecule has 0 amide bonds. The molecule has 2 aromatic heterocycles. The van der Waals surface area contributed by atoms with Gasteiger partial charge in [0.25, 0.3) is 0 Å². The molecule has 0 saturated carbocycles. The number of aliphatic carboxylic acids is 1. The fourth-order valence-corrected chi connectivity index (χ4v) is 2.30. The summed E-state index contributed by atoms with van der Waals surface area (Å²) in [5, 5.41) is 14.7. The maximum atomic E-state index is 11.0. The molecule has 0 saturated heterocycles. The molecule has 0 radical (unpaired) electrons. The van der Waals surface area contributed by atoms with Gasteiger partial charge in [-0.3, -0.25) is 9.59 Å². The van der Waals surface area contributed by atoms with Gasteiger partial charge in [0, 0.05) is 0 Å². The zero-order valence-electron chi connectivity index (χ0n) is 9.37. The van der Waals surface area contributed by atoms with Crippen molar-refractivity contribution in [2.45, 2.75) is 13.0 Å². The number of nitrogens with zero attached hydrogens (tertiary/aromatic N) is 2. The molecule has 0 atom stereocenters. The Morgan fingerprint density at radius 3 is 2.94 bits per heavy atom. The normalized spacial score (nSPS) is 10.4. The first-order valence-electron chi connectivity index (χ1n) is 5.20. The fourth-order valence-electron chi connectivity index (χ4n) is 1.57. The van der Waals surface area contributed by atoms with Crippen LogP contribution in [-0.2, 0) is 11.3 Å². The number of carbonyl (C=O) groups excluding carboxylic acids is 1. The summed E-state index contributed by atoms with van der Waals surface area (Å²) in [6, 6.07) is 3.68. The Hall–Kier alpha value is -2.15. The van der Waals surface area contributed by atoms with Crippen LogP contribution in [-0.4, -0.2) is 27.1 Å². The lowest BCUT2D eigenvalue weighted by molar-refractivity contribution is -0.137. The number of anilines is 1. The Balaban J connectivity index is 2.39. The van der Waals surface area contributed by atoms with Crippen LogP contribution in [0.2, 0.25) is 0 Å². The van der Waals surface area contributed by atoms with Crippen molar-refractivity contribution in [1.82, 2.24) is 9.78 Å². The first kappa shape index (κ1) is 12.3. The minimum absolute atomic E-state index is 0.0892. The maximum absolute atomic E-state index is 11.0. The lowest BCUT2D eigenvalue weighted by Crippen LogP contribution is -2.09. The van der Waals surface area contributed by atoms with Crippen molar-refractivity contribution in [1.29, 1.82) is 0 Å². The second-order valence-electron chi connectivity index (χ2n) is 3.61. The van der Waals surface area contributed by atoms with E-state index in [1.165, 1.54) is 16.0 Å². The van der Waals surface area contributed by atoms with Crippen molar-refractivity contribution in [2.75, 3.05) is 5.73 Å². The fraction of sp³-hybridized carbons (Fsp3) is 0.182. The molecule has 0 aliphatic rings. The summed E-state index contributed by atoms with van der Waals surface area (Å²) in [5.41, 5.74) is 6.60. The monoisotopic (exact) mass is 265 g/mol. The highest BCUT2D eigenvalue weighted by molar-refractivity contribution is 7.13. The number of carbonyl (C=O) groups is 2. The lowest BCUT2D eigenvalue weighted by atomic mass is 10.2. The average Bonchev–Trinajstić information content (AvgIpc) is 2.94. The van der Waals surface area contributed by atoms with Gasteiger partial charge >= 0.3 is 5.97 Å². The van der Waals surface area contributed by atoms with Crippen LogP contribution in [0.15, 0.2) is 17.5 Å². The van der Waals surface area contributed by atoms with Gasteiger partial charge in [-0.25, -0.2) is 4.68 Å². The van der Waals surface area contributed by atoms with E-state index in [1.807, 2.05) is 17.5 Å². The SMILES string of the molecule is Nc1c(C=O)c(-c2cccs2)nn1CCC(=O)O. The largest absolute Gasteiger partial charge is 0.481 e. The summed E-state index contributed by atoms with van der Waals surface area (Å²) < 4.78 is 1.35. The molecule has 2 aromatic rings. The summed E-state index contributed by atoms with van der Waals surface area (Å²) in [5.74, 6) is -0.732. The predicted molar refractivity (Wildman–Crippen MR) is 67.6 cm³/mol. The van der Waals surface area contributed by atoms with Crippen LogP contribution in [0.3, 0.4) is 0 Å². The Morgan fingerprint density at radius 1 is 1.61 bits per heavy atom. The Kier molecular flexibility index (Phi) is 3.42. The van der Waals surface area contributed by atoms with Gasteiger partial charge in [0.05, 0.1) is 23.4 Å². The van der Waals surface area contributed by atoms with E-state index in [1.54, 1.807) is 0 Å². The number of thiophene rings is 1. The van der Waals surface area contributed by atoms with Crippen molar-refractivity contribution in [2.24, 2.45) is 0 Å². The van der Waals surface area contributed by atoms with E-state index in [4.69, 9.17) is 10.8 Å². The number of aldehydes is 1. The second kappa shape index (κ2) is 5.01. The van der Waals surface area contributed by atoms with E-state index >= 15 is 0 Å². The Labute approximate surface area is 107 Å². The van der Waals surface area contributed by atoms with Gasteiger partial charge in [-0.15, -0.1) is 11.3 Å².